The molecule has 0 aliphatic carbocycles. The van der Waals surface area contributed by atoms with E-state index in [1.165, 1.54) is 25.7 Å². The molecule has 0 saturated carbocycles. The zero-order valence-corrected chi connectivity index (χ0v) is 12.6. The van der Waals surface area contributed by atoms with Crippen molar-refractivity contribution in [1.29, 1.82) is 0 Å². The van der Waals surface area contributed by atoms with E-state index in [0.29, 0.717) is 24.5 Å². The summed E-state index contributed by atoms with van der Waals surface area (Å²) in [5.74, 6) is 0.681. The standard InChI is InChI=1S/C15H29N3O/c1-11(2)12(3)17-15(19)10-18-9-5-7-14(18)13-6-4-8-16-13/h11-14,16H,4-10H2,1-3H3,(H,17,19). The molecule has 3 atom stereocenters. The van der Waals surface area contributed by atoms with Crippen LogP contribution in [0.15, 0.2) is 0 Å². The molecule has 2 N–H and O–H groups in total. The van der Waals surface area contributed by atoms with E-state index >= 15 is 0 Å². The fraction of sp³-hybridized carbons (Fsp3) is 0.933. The molecular formula is C15H29N3O. The third-order valence-electron chi connectivity index (χ3n) is 4.71. The van der Waals surface area contributed by atoms with Gasteiger partial charge in [0.15, 0.2) is 0 Å². The summed E-state index contributed by atoms with van der Waals surface area (Å²) in [5.41, 5.74) is 0. The lowest BCUT2D eigenvalue weighted by atomic mass is 10.0. The Morgan fingerprint density at radius 1 is 1.32 bits per heavy atom. The molecule has 2 aliphatic rings. The highest BCUT2D eigenvalue weighted by molar-refractivity contribution is 5.78. The predicted octanol–water partition coefficient (Wildman–Crippen LogP) is 1.36. The van der Waals surface area contributed by atoms with E-state index in [0.717, 1.165) is 13.1 Å². The van der Waals surface area contributed by atoms with Crippen LogP contribution in [0.5, 0.6) is 0 Å². The van der Waals surface area contributed by atoms with Crippen LogP contribution in [0.2, 0.25) is 0 Å². The highest BCUT2D eigenvalue weighted by Crippen LogP contribution is 2.24. The van der Waals surface area contributed by atoms with Crippen molar-refractivity contribution in [2.75, 3.05) is 19.6 Å². The molecule has 19 heavy (non-hydrogen) atoms. The molecule has 4 nitrogen and oxygen atoms in total. The van der Waals surface area contributed by atoms with E-state index in [2.05, 4.69) is 36.3 Å². The minimum atomic E-state index is 0.186. The Balaban J connectivity index is 1.81. The zero-order chi connectivity index (χ0) is 13.8. The molecule has 2 aliphatic heterocycles. The average molecular weight is 267 g/mol. The van der Waals surface area contributed by atoms with Gasteiger partial charge in [0.2, 0.25) is 5.91 Å². The van der Waals surface area contributed by atoms with E-state index in [-0.39, 0.29) is 11.9 Å². The maximum absolute atomic E-state index is 12.1. The number of carbonyl (C=O) groups is 1. The van der Waals surface area contributed by atoms with Crippen LogP contribution in [0.25, 0.3) is 0 Å². The van der Waals surface area contributed by atoms with E-state index in [9.17, 15) is 4.79 Å². The minimum Gasteiger partial charge on any atom is -0.352 e. The summed E-state index contributed by atoms with van der Waals surface area (Å²) in [7, 11) is 0. The Bertz CT molecular complexity index is 300. The molecule has 3 unspecified atom stereocenters. The van der Waals surface area contributed by atoms with Gasteiger partial charge in [-0.1, -0.05) is 13.8 Å². The van der Waals surface area contributed by atoms with Crippen LogP contribution in [0.1, 0.15) is 46.5 Å². The van der Waals surface area contributed by atoms with E-state index in [1.54, 1.807) is 0 Å². The van der Waals surface area contributed by atoms with Gasteiger partial charge in [-0.3, -0.25) is 9.69 Å². The highest BCUT2D eigenvalue weighted by atomic mass is 16.2. The van der Waals surface area contributed by atoms with Crippen LogP contribution in [0, 0.1) is 5.92 Å². The first-order valence-electron chi connectivity index (χ1n) is 7.84. The van der Waals surface area contributed by atoms with Gasteiger partial charge < -0.3 is 10.6 Å². The molecule has 2 heterocycles. The van der Waals surface area contributed by atoms with Gasteiger partial charge in [0.1, 0.15) is 0 Å². The quantitative estimate of drug-likeness (QED) is 0.790. The van der Waals surface area contributed by atoms with Gasteiger partial charge in [-0.05, 0) is 51.6 Å². The van der Waals surface area contributed by atoms with Crippen LogP contribution in [-0.2, 0) is 4.79 Å². The number of nitrogens with zero attached hydrogens (tertiary/aromatic N) is 1. The van der Waals surface area contributed by atoms with Crippen molar-refractivity contribution in [1.82, 2.24) is 15.5 Å². The maximum Gasteiger partial charge on any atom is 0.234 e. The second-order valence-electron chi connectivity index (χ2n) is 6.48. The third kappa shape index (κ3) is 3.93. The summed E-state index contributed by atoms with van der Waals surface area (Å²) in [6, 6.07) is 1.44. The fourth-order valence-electron chi connectivity index (χ4n) is 3.19. The Hall–Kier alpha value is -0.610. The molecule has 110 valence electrons. The number of rotatable bonds is 5. The Morgan fingerprint density at radius 2 is 2.11 bits per heavy atom. The van der Waals surface area contributed by atoms with Crippen molar-refractivity contribution in [2.45, 2.75) is 64.6 Å². The van der Waals surface area contributed by atoms with Crippen molar-refractivity contribution >= 4 is 5.91 Å². The molecule has 2 saturated heterocycles. The van der Waals surface area contributed by atoms with Crippen LogP contribution < -0.4 is 10.6 Å². The Morgan fingerprint density at radius 3 is 2.74 bits per heavy atom. The second kappa shape index (κ2) is 6.71. The number of hydrogen-bond donors (Lipinski definition) is 2. The SMILES string of the molecule is CC(C)C(C)NC(=O)CN1CCCC1C1CCCN1. The van der Waals surface area contributed by atoms with Crippen molar-refractivity contribution in [3.8, 4) is 0 Å². The van der Waals surface area contributed by atoms with Crippen LogP contribution in [0.4, 0.5) is 0 Å². The first-order valence-corrected chi connectivity index (χ1v) is 7.84. The van der Waals surface area contributed by atoms with Crippen molar-refractivity contribution in [3.63, 3.8) is 0 Å². The molecule has 0 spiro atoms. The van der Waals surface area contributed by atoms with Crippen molar-refractivity contribution in [2.24, 2.45) is 5.92 Å². The van der Waals surface area contributed by atoms with E-state index in [1.807, 2.05) is 0 Å². The van der Waals surface area contributed by atoms with Crippen molar-refractivity contribution < 1.29 is 4.79 Å². The molecule has 0 aromatic rings. The Labute approximate surface area is 117 Å². The van der Waals surface area contributed by atoms with Gasteiger partial charge in [-0.25, -0.2) is 0 Å². The van der Waals surface area contributed by atoms with Gasteiger partial charge in [-0.15, -0.1) is 0 Å². The van der Waals surface area contributed by atoms with Crippen LogP contribution in [0.3, 0.4) is 0 Å². The first-order chi connectivity index (χ1) is 9.08. The molecule has 4 heteroatoms. The third-order valence-corrected chi connectivity index (χ3v) is 4.71. The minimum absolute atomic E-state index is 0.186. The monoisotopic (exact) mass is 267 g/mol. The molecule has 2 fully saturated rings. The first kappa shape index (κ1) is 14.8. The predicted molar refractivity (Wildman–Crippen MR) is 78.1 cm³/mol. The van der Waals surface area contributed by atoms with Gasteiger partial charge in [0.05, 0.1) is 6.54 Å². The number of hydrogen-bond acceptors (Lipinski definition) is 3. The number of carbonyl (C=O) groups excluding carboxylic acids is 1. The Kier molecular flexibility index (Phi) is 5.22. The highest BCUT2D eigenvalue weighted by Gasteiger charge is 2.34. The number of amides is 1. The normalized spacial score (nSPS) is 29.9. The molecular weight excluding hydrogens is 238 g/mol. The van der Waals surface area contributed by atoms with Gasteiger partial charge in [0.25, 0.3) is 0 Å². The fourth-order valence-corrected chi connectivity index (χ4v) is 3.19. The zero-order valence-electron chi connectivity index (χ0n) is 12.6. The molecule has 1 amide bonds. The van der Waals surface area contributed by atoms with Gasteiger partial charge >= 0.3 is 0 Å². The second-order valence-corrected chi connectivity index (χ2v) is 6.48. The average Bonchev–Trinajstić information content (AvgIpc) is 2.97. The van der Waals surface area contributed by atoms with Gasteiger partial charge in [0, 0.05) is 18.1 Å². The summed E-state index contributed by atoms with van der Waals surface area (Å²) in [5, 5.41) is 6.70. The van der Waals surface area contributed by atoms with Crippen molar-refractivity contribution in [3.05, 3.63) is 0 Å². The molecule has 0 radical (unpaired) electrons. The molecule has 2 rings (SSSR count). The summed E-state index contributed by atoms with van der Waals surface area (Å²) in [4.78, 5) is 14.5. The topological polar surface area (TPSA) is 44.4 Å². The summed E-state index contributed by atoms with van der Waals surface area (Å²) in [6.45, 7) is 9.17. The molecule has 0 aromatic carbocycles. The maximum atomic E-state index is 12.1. The lowest BCUT2D eigenvalue weighted by molar-refractivity contribution is -0.123. The molecule has 0 bridgehead atoms. The van der Waals surface area contributed by atoms with E-state index < -0.39 is 0 Å². The van der Waals surface area contributed by atoms with Crippen LogP contribution in [-0.4, -0.2) is 48.6 Å². The van der Waals surface area contributed by atoms with E-state index in [4.69, 9.17) is 0 Å². The number of nitrogens with one attached hydrogen (secondary N) is 2. The number of likely N-dealkylation sites (tertiary alicyclic amines) is 1. The van der Waals surface area contributed by atoms with Crippen LogP contribution >= 0.6 is 0 Å². The molecule has 0 aromatic heterocycles. The smallest absolute Gasteiger partial charge is 0.234 e. The lowest BCUT2D eigenvalue weighted by Crippen LogP contribution is -2.49. The summed E-state index contributed by atoms with van der Waals surface area (Å²) >= 11 is 0. The lowest BCUT2D eigenvalue weighted by Gasteiger charge is -2.29. The summed E-state index contributed by atoms with van der Waals surface area (Å²) < 4.78 is 0. The van der Waals surface area contributed by atoms with Gasteiger partial charge in [-0.2, -0.15) is 0 Å². The largest absolute Gasteiger partial charge is 0.352 e. The summed E-state index contributed by atoms with van der Waals surface area (Å²) in [6.07, 6.45) is 5.03.